The van der Waals surface area contributed by atoms with Crippen molar-refractivity contribution in [2.75, 3.05) is 0 Å². The molecule has 0 aliphatic heterocycles. The van der Waals surface area contributed by atoms with Gasteiger partial charge >= 0.3 is 0 Å². The number of carbonyl (C=O) groups excluding carboxylic acids is 1. The van der Waals surface area contributed by atoms with Gasteiger partial charge in [-0.15, -0.1) is 0 Å². The molecule has 16 heavy (non-hydrogen) atoms. The molecule has 0 aliphatic carbocycles. The number of aldehydes is 1. The van der Waals surface area contributed by atoms with E-state index in [0.717, 1.165) is 23.0 Å². The van der Waals surface area contributed by atoms with Crippen LogP contribution in [0.1, 0.15) is 15.9 Å². The Morgan fingerprint density at radius 2 is 1.88 bits per heavy atom. The smallest absolute Gasteiger partial charge is 0.150 e. The summed E-state index contributed by atoms with van der Waals surface area (Å²) in [5.74, 6) is 0.218. The first-order chi connectivity index (χ1) is 7.70. The molecule has 0 bridgehead atoms. The lowest BCUT2D eigenvalue weighted by atomic mass is 9.99. The lowest BCUT2D eigenvalue weighted by molar-refractivity contribution is 0.112. The first-order valence-electron chi connectivity index (χ1n) is 5.06. The molecule has 2 aromatic rings. The average Bonchev–Trinajstić information content (AvgIpc) is 2.27. The molecule has 0 heterocycles. The molecule has 0 unspecified atom stereocenters. The van der Waals surface area contributed by atoms with Gasteiger partial charge in [-0.25, -0.2) is 0 Å². The first kappa shape index (κ1) is 10.4. The van der Waals surface area contributed by atoms with Crippen LogP contribution in [0.3, 0.4) is 0 Å². The topological polar surface area (TPSA) is 37.3 Å². The van der Waals surface area contributed by atoms with Crippen molar-refractivity contribution in [3.8, 4) is 16.9 Å². The summed E-state index contributed by atoms with van der Waals surface area (Å²) in [5.41, 5.74) is 3.31. The fourth-order valence-electron chi connectivity index (χ4n) is 1.78. The second-order valence-electron chi connectivity index (χ2n) is 3.76. The Morgan fingerprint density at radius 3 is 2.56 bits per heavy atom. The highest BCUT2D eigenvalue weighted by Gasteiger charge is 2.05. The van der Waals surface area contributed by atoms with E-state index in [1.807, 2.05) is 31.2 Å². The van der Waals surface area contributed by atoms with Crippen LogP contribution in [0.5, 0.6) is 5.75 Å². The second-order valence-corrected chi connectivity index (χ2v) is 3.76. The van der Waals surface area contributed by atoms with E-state index in [9.17, 15) is 9.90 Å². The molecule has 0 fully saturated rings. The molecule has 0 aromatic heterocycles. The van der Waals surface area contributed by atoms with Crippen molar-refractivity contribution in [1.82, 2.24) is 0 Å². The summed E-state index contributed by atoms with van der Waals surface area (Å²) >= 11 is 0. The molecule has 0 radical (unpaired) electrons. The third-order valence-electron chi connectivity index (χ3n) is 2.46. The Hall–Kier alpha value is -2.09. The molecule has 2 aromatic carbocycles. The molecule has 0 amide bonds. The van der Waals surface area contributed by atoms with Gasteiger partial charge in [0, 0.05) is 5.56 Å². The fraction of sp³-hybridized carbons (Fsp3) is 0.0714. The summed E-state index contributed by atoms with van der Waals surface area (Å²) in [6.45, 7) is 1.91. The van der Waals surface area contributed by atoms with E-state index < -0.39 is 0 Å². The van der Waals surface area contributed by atoms with Crippen molar-refractivity contribution < 1.29 is 9.90 Å². The summed E-state index contributed by atoms with van der Waals surface area (Å²) in [5, 5.41) is 9.53. The summed E-state index contributed by atoms with van der Waals surface area (Å²) < 4.78 is 0. The van der Waals surface area contributed by atoms with Gasteiger partial charge in [0.15, 0.2) is 6.29 Å². The first-order valence-corrected chi connectivity index (χ1v) is 5.06. The van der Waals surface area contributed by atoms with Gasteiger partial charge in [-0.1, -0.05) is 30.3 Å². The number of rotatable bonds is 2. The minimum atomic E-state index is 0.218. The van der Waals surface area contributed by atoms with Gasteiger partial charge in [0.1, 0.15) is 5.75 Å². The van der Waals surface area contributed by atoms with Gasteiger partial charge in [-0.3, -0.25) is 4.79 Å². The number of hydrogen-bond acceptors (Lipinski definition) is 2. The Balaban J connectivity index is 2.62. The molecule has 1 N–H and O–H groups in total. The number of carbonyl (C=O) groups is 1. The Morgan fingerprint density at radius 1 is 1.12 bits per heavy atom. The van der Waals surface area contributed by atoms with Gasteiger partial charge in [0.05, 0.1) is 0 Å². The highest BCUT2D eigenvalue weighted by molar-refractivity contribution is 5.87. The van der Waals surface area contributed by atoms with Gasteiger partial charge < -0.3 is 5.11 Å². The molecule has 0 spiro atoms. The van der Waals surface area contributed by atoms with Crippen LogP contribution in [-0.2, 0) is 0 Å². The average molecular weight is 212 g/mol. The van der Waals surface area contributed by atoms with Crippen LogP contribution >= 0.6 is 0 Å². The van der Waals surface area contributed by atoms with Crippen LogP contribution in [0.25, 0.3) is 11.1 Å². The van der Waals surface area contributed by atoms with Crippen LogP contribution in [-0.4, -0.2) is 11.4 Å². The van der Waals surface area contributed by atoms with Crippen molar-refractivity contribution in [1.29, 1.82) is 0 Å². The number of aromatic hydroxyl groups is 1. The van der Waals surface area contributed by atoms with Crippen LogP contribution in [0.2, 0.25) is 0 Å². The standard InChI is InChI=1S/C14H12O2/c1-10-6-12(8-13(16)7-10)14-5-3-2-4-11(14)9-15/h2-9,16H,1H3. The number of phenols is 1. The highest BCUT2D eigenvalue weighted by Crippen LogP contribution is 2.27. The van der Waals surface area contributed by atoms with Gasteiger partial charge in [0.2, 0.25) is 0 Å². The quantitative estimate of drug-likeness (QED) is 0.776. The maximum atomic E-state index is 10.9. The van der Waals surface area contributed by atoms with Gasteiger partial charge in [-0.05, 0) is 35.7 Å². The lowest BCUT2D eigenvalue weighted by Gasteiger charge is -2.06. The zero-order chi connectivity index (χ0) is 11.5. The molecule has 80 valence electrons. The van der Waals surface area contributed by atoms with E-state index >= 15 is 0 Å². The molecule has 0 aliphatic rings. The minimum Gasteiger partial charge on any atom is -0.508 e. The highest BCUT2D eigenvalue weighted by atomic mass is 16.3. The maximum Gasteiger partial charge on any atom is 0.150 e. The molecule has 0 saturated carbocycles. The molecule has 0 atom stereocenters. The van der Waals surface area contributed by atoms with Crippen LogP contribution < -0.4 is 0 Å². The Kier molecular flexibility index (Phi) is 2.73. The third-order valence-corrected chi connectivity index (χ3v) is 2.46. The Bertz CT molecular complexity index is 510. The normalized spacial score (nSPS) is 10.1. The van der Waals surface area contributed by atoms with E-state index in [0.29, 0.717) is 5.56 Å². The van der Waals surface area contributed by atoms with E-state index in [1.54, 1.807) is 18.2 Å². The van der Waals surface area contributed by atoms with Crippen LogP contribution in [0.4, 0.5) is 0 Å². The Labute approximate surface area is 94.2 Å². The van der Waals surface area contributed by atoms with Crippen molar-refractivity contribution >= 4 is 6.29 Å². The van der Waals surface area contributed by atoms with Gasteiger partial charge in [-0.2, -0.15) is 0 Å². The number of phenolic OH excluding ortho intramolecular Hbond substituents is 1. The van der Waals surface area contributed by atoms with E-state index in [4.69, 9.17) is 0 Å². The molecule has 2 heteroatoms. The SMILES string of the molecule is Cc1cc(O)cc(-c2ccccc2C=O)c1. The second kappa shape index (κ2) is 4.19. The van der Waals surface area contributed by atoms with Crippen molar-refractivity contribution in [3.05, 3.63) is 53.6 Å². The monoisotopic (exact) mass is 212 g/mol. The zero-order valence-electron chi connectivity index (χ0n) is 8.97. The van der Waals surface area contributed by atoms with Crippen molar-refractivity contribution in [2.24, 2.45) is 0 Å². The maximum absolute atomic E-state index is 10.9. The molecule has 2 rings (SSSR count). The van der Waals surface area contributed by atoms with Crippen molar-refractivity contribution in [2.45, 2.75) is 6.92 Å². The number of hydrogen-bond donors (Lipinski definition) is 1. The lowest BCUT2D eigenvalue weighted by Crippen LogP contribution is -1.87. The van der Waals surface area contributed by atoms with Crippen LogP contribution in [0, 0.1) is 6.92 Å². The summed E-state index contributed by atoms with van der Waals surface area (Å²) in [7, 11) is 0. The largest absolute Gasteiger partial charge is 0.508 e. The fourth-order valence-corrected chi connectivity index (χ4v) is 1.78. The summed E-state index contributed by atoms with van der Waals surface area (Å²) in [6.07, 6.45) is 0.828. The minimum absolute atomic E-state index is 0.218. The summed E-state index contributed by atoms with van der Waals surface area (Å²) in [6, 6.07) is 12.6. The number of benzene rings is 2. The third kappa shape index (κ3) is 1.96. The summed E-state index contributed by atoms with van der Waals surface area (Å²) in [4.78, 5) is 10.9. The van der Waals surface area contributed by atoms with E-state index in [2.05, 4.69) is 0 Å². The van der Waals surface area contributed by atoms with Crippen LogP contribution in [0.15, 0.2) is 42.5 Å². The molecule has 2 nitrogen and oxygen atoms in total. The van der Waals surface area contributed by atoms with Crippen molar-refractivity contribution in [3.63, 3.8) is 0 Å². The van der Waals surface area contributed by atoms with E-state index in [1.165, 1.54) is 0 Å². The molecular weight excluding hydrogens is 200 g/mol. The number of aryl methyl sites for hydroxylation is 1. The van der Waals surface area contributed by atoms with Gasteiger partial charge in [0.25, 0.3) is 0 Å². The predicted molar refractivity (Wildman–Crippen MR) is 63.7 cm³/mol. The van der Waals surface area contributed by atoms with E-state index in [-0.39, 0.29) is 5.75 Å². The predicted octanol–water partition coefficient (Wildman–Crippen LogP) is 3.18. The molecule has 0 saturated heterocycles. The molecular formula is C14H12O2. The zero-order valence-corrected chi connectivity index (χ0v) is 8.97.